The number of amides is 2. The van der Waals surface area contributed by atoms with E-state index in [0.29, 0.717) is 33.8 Å². The lowest BCUT2D eigenvalue weighted by Crippen LogP contribution is -2.75. The van der Waals surface area contributed by atoms with Gasteiger partial charge in [-0.3, -0.25) is 29.8 Å². The number of nitrogens with zero attached hydrogens (tertiary/aromatic N) is 2. The number of ether oxygens (including phenoxy) is 2. The summed E-state index contributed by atoms with van der Waals surface area (Å²) in [6.07, 6.45) is -0.0889. The fourth-order valence-corrected chi connectivity index (χ4v) is 5.44. The molecule has 0 radical (unpaired) electrons. The molecule has 0 unspecified atom stereocenters. The van der Waals surface area contributed by atoms with Gasteiger partial charge in [-0.1, -0.05) is 0 Å². The zero-order valence-electron chi connectivity index (χ0n) is 18.3. The van der Waals surface area contributed by atoms with Crippen molar-refractivity contribution in [2.75, 3.05) is 14.2 Å². The molecule has 1 saturated heterocycles. The number of benzene rings is 2. The summed E-state index contributed by atoms with van der Waals surface area (Å²) in [6.45, 7) is 0. The molecule has 2 N–H and O–H groups in total. The number of nitro benzene ring substituents is 2. The first-order chi connectivity index (χ1) is 16.1. The van der Waals surface area contributed by atoms with E-state index < -0.39 is 32.7 Å². The van der Waals surface area contributed by atoms with Crippen LogP contribution in [0.3, 0.4) is 0 Å². The Morgan fingerprint density at radius 2 is 1.06 bits per heavy atom. The SMILES string of the molecule is COc1ccc([N+](=O)[O-])c2c1C[C@@]1(C2)NC(=O)[C@@]2(Cc3c(OC)ccc([N+](=O)[O-])c3C2)NC1=O. The smallest absolute Gasteiger partial charge is 0.273 e. The van der Waals surface area contributed by atoms with Crippen LogP contribution in [0.4, 0.5) is 11.4 Å². The average Bonchev–Trinajstić information content (AvgIpc) is 3.36. The summed E-state index contributed by atoms with van der Waals surface area (Å²) in [5, 5.41) is 28.8. The van der Waals surface area contributed by atoms with Crippen molar-refractivity contribution in [3.05, 3.63) is 66.7 Å². The number of hydrogen-bond acceptors (Lipinski definition) is 8. The molecule has 0 bridgehead atoms. The van der Waals surface area contributed by atoms with Gasteiger partial charge in [-0.15, -0.1) is 0 Å². The summed E-state index contributed by atoms with van der Waals surface area (Å²) >= 11 is 0. The van der Waals surface area contributed by atoms with Crippen molar-refractivity contribution in [1.82, 2.24) is 10.6 Å². The Morgan fingerprint density at radius 1 is 0.706 bits per heavy atom. The van der Waals surface area contributed by atoms with Crippen molar-refractivity contribution in [3.8, 4) is 11.5 Å². The molecule has 34 heavy (non-hydrogen) atoms. The Kier molecular flexibility index (Phi) is 4.54. The van der Waals surface area contributed by atoms with Crippen molar-refractivity contribution in [2.45, 2.75) is 36.8 Å². The van der Waals surface area contributed by atoms with Crippen molar-refractivity contribution in [2.24, 2.45) is 0 Å². The zero-order chi connectivity index (χ0) is 24.4. The van der Waals surface area contributed by atoms with Crippen LogP contribution in [-0.2, 0) is 35.3 Å². The molecule has 2 amide bonds. The lowest BCUT2D eigenvalue weighted by molar-refractivity contribution is -0.385. The van der Waals surface area contributed by atoms with Gasteiger partial charge in [0.25, 0.3) is 11.4 Å². The molecule has 2 spiro atoms. The largest absolute Gasteiger partial charge is 0.496 e. The number of rotatable bonds is 4. The number of carbonyl (C=O) groups excluding carboxylic acids is 2. The van der Waals surface area contributed by atoms with E-state index in [1.807, 2.05) is 0 Å². The molecule has 1 aliphatic heterocycles. The summed E-state index contributed by atoms with van der Waals surface area (Å²) in [6, 6.07) is 5.58. The molecule has 12 heteroatoms. The molecule has 1 fully saturated rings. The first kappa shape index (κ1) is 21.6. The number of piperazine rings is 1. The molecule has 0 aromatic heterocycles. The molecular weight excluding hydrogens is 448 g/mol. The summed E-state index contributed by atoms with van der Waals surface area (Å²) in [7, 11) is 2.86. The Hall–Kier alpha value is -4.22. The molecule has 12 nitrogen and oxygen atoms in total. The van der Waals surface area contributed by atoms with Gasteiger partial charge < -0.3 is 20.1 Å². The van der Waals surface area contributed by atoms with Gasteiger partial charge in [0, 0.05) is 60.1 Å². The fourth-order valence-electron chi connectivity index (χ4n) is 5.44. The Morgan fingerprint density at radius 3 is 1.38 bits per heavy atom. The highest BCUT2D eigenvalue weighted by molar-refractivity contribution is 6.04. The van der Waals surface area contributed by atoms with Crippen molar-refractivity contribution >= 4 is 23.2 Å². The second kappa shape index (κ2) is 7.14. The topological polar surface area (TPSA) is 163 Å². The summed E-state index contributed by atoms with van der Waals surface area (Å²) in [5.41, 5.74) is -1.48. The number of nitro groups is 2. The van der Waals surface area contributed by atoms with Crippen LogP contribution in [0, 0.1) is 20.2 Å². The van der Waals surface area contributed by atoms with E-state index in [-0.39, 0.29) is 37.1 Å². The van der Waals surface area contributed by atoms with E-state index >= 15 is 0 Å². The van der Waals surface area contributed by atoms with E-state index in [1.165, 1.54) is 38.5 Å². The third kappa shape index (κ3) is 2.84. The van der Waals surface area contributed by atoms with Gasteiger partial charge in [-0.25, -0.2) is 0 Å². The lowest BCUT2D eigenvalue weighted by Gasteiger charge is -2.42. The molecule has 5 rings (SSSR count). The van der Waals surface area contributed by atoms with Crippen molar-refractivity contribution < 1.29 is 28.9 Å². The summed E-state index contributed by atoms with van der Waals surface area (Å²) < 4.78 is 10.7. The predicted octanol–water partition coefficient (Wildman–Crippen LogP) is 1.14. The quantitative estimate of drug-likeness (QED) is 0.498. The van der Waals surface area contributed by atoms with Gasteiger partial charge in [0.05, 0.1) is 24.1 Å². The second-order valence-corrected chi connectivity index (χ2v) is 8.78. The van der Waals surface area contributed by atoms with Crippen LogP contribution in [0.15, 0.2) is 24.3 Å². The zero-order valence-corrected chi connectivity index (χ0v) is 18.3. The Bertz CT molecular complexity index is 1210. The van der Waals surface area contributed by atoms with Crippen LogP contribution >= 0.6 is 0 Å². The second-order valence-electron chi connectivity index (χ2n) is 8.78. The molecule has 2 aliphatic carbocycles. The summed E-state index contributed by atoms with van der Waals surface area (Å²) in [5.74, 6) is -0.218. The monoisotopic (exact) mass is 468 g/mol. The van der Waals surface area contributed by atoms with Crippen LogP contribution in [-0.4, -0.2) is 47.0 Å². The average molecular weight is 468 g/mol. The molecule has 1 heterocycles. The number of carbonyl (C=O) groups is 2. The first-order valence-electron chi connectivity index (χ1n) is 10.5. The Balaban J connectivity index is 1.51. The predicted molar refractivity (Wildman–Crippen MR) is 116 cm³/mol. The van der Waals surface area contributed by atoms with Crippen LogP contribution in [0.2, 0.25) is 0 Å². The van der Waals surface area contributed by atoms with Crippen LogP contribution in [0.1, 0.15) is 22.3 Å². The third-order valence-corrected chi connectivity index (χ3v) is 7.05. The van der Waals surface area contributed by atoms with Gasteiger partial charge in [0.2, 0.25) is 11.8 Å². The van der Waals surface area contributed by atoms with E-state index in [0.717, 1.165) is 0 Å². The van der Waals surface area contributed by atoms with Crippen molar-refractivity contribution in [1.29, 1.82) is 0 Å². The highest BCUT2D eigenvalue weighted by atomic mass is 16.6. The molecule has 2 aromatic carbocycles. The van der Waals surface area contributed by atoms with Gasteiger partial charge in [-0.2, -0.15) is 0 Å². The molecule has 2 atom stereocenters. The normalized spacial score (nSPS) is 24.4. The minimum absolute atomic E-state index is 0.0251. The van der Waals surface area contributed by atoms with E-state index in [1.54, 1.807) is 0 Å². The standard InChI is InChI=1S/C22H20N4O8/c1-33-17-5-3-15(25(29)30)11-7-21(9-13(11)17)19(27)24-22(20(28)23-21)8-12-14(10-22)18(34-2)6-4-16(12)26(31)32/h3-6H,7-10H2,1-2H3,(H,23,28)(H,24,27)/t21-,22-/m1/s1. The van der Waals surface area contributed by atoms with Gasteiger partial charge in [0.15, 0.2) is 0 Å². The number of methoxy groups -OCH3 is 2. The maximum Gasteiger partial charge on any atom is 0.273 e. The van der Waals surface area contributed by atoms with Crippen molar-refractivity contribution in [3.63, 3.8) is 0 Å². The lowest BCUT2D eigenvalue weighted by atomic mass is 9.83. The van der Waals surface area contributed by atoms with Crippen LogP contribution in [0.25, 0.3) is 0 Å². The molecule has 176 valence electrons. The molecule has 3 aliphatic rings. The molecular formula is C22H20N4O8. The van der Waals surface area contributed by atoms with Crippen LogP contribution in [0.5, 0.6) is 11.5 Å². The van der Waals surface area contributed by atoms with E-state index in [4.69, 9.17) is 9.47 Å². The highest BCUT2D eigenvalue weighted by Gasteiger charge is 2.59. The minimum atomic E-state index is -1.42. The van der Waals surface area contributed by atoms with Gasteiger partial charge in [0.1, 0.15) is 22.6 Å². The number of fused-ring (bicyclic) bond motifs is 2. The third-order valence-electron chi connectivity index (χ3n) is 7.05. The van der Waals surface area contributed by atoms with Crippen LogP contribution < -0.4 is 20.1 Å². The molecule has 0 saturated carbocycles. The summed E-state index contributed by atoms with van der Waals surface area (Å²) in [4.78, 5) is 49.1. The first-order valence-corrected chi connectivity index (χ1v) is 10.5. The molecule has 2 aromatic rings. The Labute approximate surface area is 192 Å². The van der Waals surface area contributed by atoms with E-state index in [9.17, 15) is 29.8 Å². The van der Waals surface area contributed by atoms with E-state index in [2.05, 4.69) is 10.6 Å². The fraction of sp³-hybridized carbons (Fsp3) is 0.364. The minimum Gasteiger partial charge on any atom is -0.496 e. The van der Waals surface area contributed by atoms with Gasteiger partial charge in [-0.05, 0) is 12.1 Å². The number of nitrogens with one attached hydrogen (secondary N) is 2. The van der Waals surface area contributed by atoms with Gasteiger partial charge >= 0.3 is 0 Å². The maximum absolute atomic E-state index is 13.5. The maximum atomic E-state index is 13.5. The highest BCUT2D eigenvalue weighted by Crippen LogP contribution is 2.46. The number of hydrogen-bond donors (Lipinski definition) is 2.